The van der Waals surface area contributed by atoms with Crippen molar-refractivity contribution in [3.8, 4) is 5.75 Å². The lowest BCUT2D eigenvalue weighted by Gasteiger charge is -2.20. The summed E-state index contributed by atoms with van der Waals surface area (Å²) in [5.41, 5.74) is 1.89. The molecule has 3 nitrogen and oxygen atoms in total. The number of benzene rings is 1. The van der Waals surface area contributed by atoms with Gasteiger partial charge in [0, 0.05) is 6.42 Å². The van der Waals surface area contributed by atoms with Gasteiger partial charge in [-0.05, 0) is 43.1 Å². The van der Waals surface area contributed by atoms with Crippen LogP contribution in [0.3, 0.4) is 0 Å². The minimum Gasteiger partial charge on any atom is -0.496 e. The van der Waals surface area contributed by atoms with E-state index in [1.165, 1.54) is 0 Å². The van der Waals surface area contributed by atoms with Gasteiger partial charge in [0.25, 0.3) is 0 Å². The van der Waals surface area contributed by atoms with Crippen LogP contribution in [0.15, 0.2) is 18.2 Å². The Balaban J connectivity index is 2.99. The zero-order valence-corrected chi connectivity index (χ0v) is 12.7. The molecule has 0 aliphatic rings. The highest BCUT2D eigenvalue weighted by atomic mass is 16.5. The van der Waals surface area contributed by atoms with E-state index < -0.39 is 0 Å². The number of carbonyl (C=O) groups excluding carboxylic acids is 1. The van der Waals surface area contributed by atoms with Gasteiger partial charge < -0.3 is 10.1 Å². The van der Waals surface area contributed by atoms with Gasteiger partial charge in [-0.1, -0.05) is 26.8 Å². The molecule has 0 saturated carbocycles. The Hall–Kier alpha value is -1.35. The molecule has 0 amide bonds. The quantitative estimate of drug-likeness (QED) is 0.633. The number of methoxy groups -OCH3 is 1. The fourth-order valence-corrected chi connectivity index (χ4v) is 1.95. The van der Waals surface area contributed by atoms with Crippen LogP contribution in [0.2, 0.25) is 0 Å². The summed E-state index contributed by atoms with van der Waals surface area (Å²) in [4.78, 5) is 12.3. The molecule has 19 heavy (non-hydrogen) atoms. The van der Waals surface area contributed by atoms with E-state index in [2.05, 4.69) is 26.1 Å². The van der Waals surface area contributed by atoms with E-state index in [9.17, 15) is 4.79 Å². The number of nitrogens with one attached hydrogen (secondary N) is 1. The fraction of sp³-hybridized carbons (Fsp3) is 0.562. The summed E-state index contributed by atoms with van der Waals surface area (Å²) in [5.74, 6) is 0.820. The van der Waals surface area contributed by atoms with Gasteiger partial charge in [0.05, 0.1) is 12.7 Å². The zero-order valence-electron chi connectivity index (χ0n) is 12.7. The molecule has 0 spiro atoms. The number of ketones is 1. The Labute approximate surface area is 116 Å². The second-order valence-corrected chi connectivity index (χ2v) is 5.80. The summed E-state index contributed by atoms with van der Waals surface area (Å²) >= 11 is 0. The summed E-state index contributed by atoms with van der Waals surface area (Å²) in [6, 6.07) is 5.90. The van der Waals surface area contributed by atoms with Gasteiger partial charge >= 0.3 is 0 Å². The van der Waals surface area contributed by atoms with Crippen molar-refractivity contribution in [3.05, 3.63) is 29.3 Å². The first-order valence-electron chi connectivity index (χ1n) is 6.76. The molecule has 1 N–H and O–H groups in total. The number of Topliss-reactive ketones (excluding diaryl/α,β-unsaturated/α-hetero) is 1. The summed E-state index contributed by atoms with van der Waals surface area (Å²) < 4.78 is 5.30. The van der Waals surface area contributed by atoms with Crippen LogP contribution in [0.1, 0.15) is 49.5 Å². The molecule has 3 heteroatoms. The second kappa shape index (κ2) is 6.71. The average Bonchev–Trinajstić information content (AvgIpc) is 2.37. The number of rotatable bonds is 6. The molecule has 106 valence electrons. The Kier molecular flexibility index (Phi) is 5.55. The number of hydrogen-bond acceptors (Lipinski definition) is 3. The van der Waals surface area contributed by atoms with Crippen molar-refractivity contribution >= 4 is 5.78 Å². The minimum atomic E-state index is 0.0340. The molecule has 1 rings (SSSR count). The maximum atomic E-state index is 12.3. The monoisotopic (exact) mass is 263 g/mol. The smallest absolute Gasteiger partial charge is 0.166 e. The van der Waals surface area contributed by atoms with Crippen molar-refractivity contribution < 1.29 is 9.53 Å². The second-order valence-electron chi connectivity index (χ2n) is 5.80. The van der Waals surface area contributed by atoms with E-state index >= 15 is 0 Å². The van der Waals surface area contributed by atoms with Crippen molar-refractivity contribution in [3.63, 3.8) is 0 Å². The third-order valence-electron chi connectivity index (χ3n) is 3.20. The largest absolute Gasteiger partial charge is 0.496 e. The van der Waals surface area contributed by atoms with Gasteiger partial charge in [0.15, 0.2) is 5.78 Å². The molecule has 0 aliphatic heterocycles. The van der Waals surface area contributed by atoms with Crippen molar-refractivity contribution in [2.45, 2.75) is 39.0 Å². The Bertz CT molecular complexity index is 433. The Morgan fingerprint density at radius 3 is 2.53 bits per heavy atom. The van der Waals surface area contributed by atoms with E-state index in [1.807, 2.05) is 25.2 Å². The van der Waals surface area contributed by atoms with E-state index in [-0.39, 0.29) is 11.2 Å². The van der Waals surface area contributed by atoms with E-state index in [1.54, 1.807) is 7.11 Å². The highest BCUT2D eigenvalue weighted by molar-refractivity contribution is 5.98. The standard InChI is InChI=1S/C16H25NO2/c1-16(2,3)12-8-9-15(19-5)13(11-12)14(18)7-6-10-17-4/h8-9,11,17H,6-7,10H2,1-5H3. The van der Waals surface area contributed by atoms with Crippen molar-refractivity contribution in [1.82, 2.24) is 5.32 Å². The maximum absolute atomic E-state index is 12.3. The third-order valence-corrected chi connectivity index (χ3v) is 3.20. The summed E-state index contributed by atoms with van der Waals surface area (Å²) in [6.07, 6.45) is 1.39. The summed E-state index contributed by atoms with van der Waals surface area (Å²) in [7, 11) is 3.50. The predicted octanol–water partition coefficient (Wildman–Crippen LogP) is 3.18. The van der Waals surface area contributed by atoms with Crippen LogP contribution < -0.4 is 10.1 Å². The van der Waals surface area contributed by atoms with Gasteiger partial charge in [0.1, 0.15) is 5.75 Å². The predicted molar refractivity (Wildman–Crippen MR) is 79.2 cm³/mol. The van der Waals surface area contributed by atoms with E-state index in [4.69, 9.17) is 4.74 Å². The van der Waals surface area contributed by atoms with Crippen LogP contribution in [0.25, 0.3) is 0 Å². The molecule has 0 atom stereocenters. The molecule has 0 aliphatic carbocycles. The van der Waals surface area contributed by atoms with Crippen LogP contribution in [0.4, 0.5) is 0 Å². The van der Waals surface area contributed by atoms with Crippen LogP contribution in [0, 0.1) is 0 Å². The molecule has 0 bridgehead atoms. The number of carbonyl (C=O) groups is 1. The van der Waals surface area contributed by atoms with E-state index in [0.29, 0.717) is 17.7 Å². The lowest BCUT2D eigenvalue weighted by molar-refractivity contribution is 0.0977. The minimum absolute atomic E-state index is 0.0340. The Morgan fingerprint density at radius 1 is 1.32 bits per heavy atom. The lowest BCUT2D eigenvalue weighted by atomic mass is 9.85. The van der Waals surface area contributed by atoms with Gasteiger partial charge in [-0.3, -0.25) is 4.79 Å². The molecule has 1 aromatic rings. The summed E-state index contributed by atoms with van der Waals surface area (Å²) in [5, 5.41) is 3.06. The normalized spacial score (nSPS) is 11.4. The highest BCUT2D eigenvalue weighted by Gasteiger charge is 2.18. The topological polar surface area (TPSA) is 38.3 Å². The van der Waals surface area contributed by atoms with Gasteiger partial charge in [-0.25, -0.2) is 0 Å². The van der Waals surface area contributed by atoms with Crippen molar-refractivity contribution in [2.24, 2.45) is 0 Å². The zero-order chi connectivity index (χ0) is 14.5. The number of ether oxygens (including phenoxy) is 1. The molecule has 0 aromatic heterocycles. The maximum Gasteiger partial charge on any atom is 0.166 e. The molecule has 0 radical (unpaired) electrons. The van der Waals surface area contributed by atoms with Crippen LogP contribution in [-0.2, 0) is 5.41 Å². The molecule has 0 fully saturated rings. The first-order valence-corrected chi connectivity index (χ1v) is 6.76. The highest BCUT2D eigenvalue weighted by Crippen LogP contribution is 2.28. The number of hydrogen-bond donors (Lipinski definition) is 1. The molecule has 1 aromatic carbocycles. The first-order chi connectivity index (χ1) is 8.90. The lowest BCUT2D eigenvalue weighted by Crippen LogP contribution is -2.14. The molecular weight excluding hydrogens is 238 g/mol. The molecule has 0 unspecified atom stereocenters. The van der Waals surface area contributed by atoms with Gasteiger partial charge in [-0.2, -0.15) is 0 Å². The van der Waals surface area contributed by atoms with Crippen LogP contribution in [-0.4, -0.2) is 26.5 Å². The molecule has 0 heterocycles. The van der Waals surface area contributed by atoms with Gasteiger partial charge in [-0.15, -0.1) is 0 Å². The Morgan fingerprint density at radius 2 is 2.00 bits per heavy atom. The fourth-order valence-electron chi connectivity index (χ4n) is 1.95. The first kappa shape index (κ1) is 15.7. The van der Waals surface area contributed by atoms with Crippen molar-refractivity contribution in [2.75, 3.05) is 20.7 Å². The van der Waals surface area contributed by atoms with Crippen molar-refractivity contribution in [1.29, 1.82) is 0 Å². The molecular formula is C16H25NO2. The van der Waals surface area contributed by atoms with Crippen LogP contribution >= 0.6 is 0 Å². The molecule has 0 saturated heterocycles. The third kappa shape index (κ3) is 4.35. The van der Waals surface area contributed by atoms with Crippen LogP contribution in [0.5, 0.6) is 5.75 Å². The average molecular weight is 263 g/mol. The SMILES string of the molecule is CNCCCC(=O)c1cc(C(C)(C)C)ccc1OC. The van der Waals surface area contributed by atoms with Gasteiger partial charge in [0.2, 0.25) is 0 Å². The van der Waals surface area contributed by atoms with E-state index in [0.717, 1.165) is 18.5 Å². The summed E-state index contributed by atoms with van der Waals surface area (Å²) in [6.45, 7) is 7.28.